The van der Waals surface area contributed by atoms with Crippen LogP contribution in [0.4, 0.5) is 0 Å². The lowest BCUT2D eigenvalue weighted by Gasteiger charge is -2.11. The Morgan fingerprint density at radius 2 is 2.00 bits per heavy atom. The minimum Gasteiger partial charge on any atom is -0.495 e. The van der Waals surface area contributed by atoms with E-state index in [4.69, 9.17) is 19.4 Å². The molecule has 0 bridgehead atoms. The molecule has 2 N–H and O–H groups in total. The molecule has 0 spiro atoms. The van der Waals surface area contributed by atoms with Crippen LogP contribution in [0.15, 0.2) is 23.1 Å². The average molecular weight is 305 g/mol. The summed E-state index contributed by atoms with van der Waals surface area (Å²) in [5.74, 6) is -1.23. The Morgan fingerprint density at radius 1 is 1.30 bits per heavy atom. The van der Waals surface area contributed by atoms with Gasteiger partial charge in [-0.15, -0.1) is 0 Å². The first-order valence-electron chi connectivity index (χ1n) is 5.46. The third-order valence-electron chi connectivity index (χ3n) is 2.26. The van der Waals surface area contributed by atoms with Gasteiger partial charge in [0, 0.05) is 7.11 Å². The smallest absolute Gasteiger partial charge is 0.335 e. The molecular formula is C11H15NO7S. The van der Waals surface area contributed by atoms with E-state index in [9.17, 15) is 13.2 Å². The molecule has 0 heterocycles. The monoisotopic (exact) mass is 305 g/mol. The maximum absolute atomic E-state index is 12.0. The topological polar surface area (TPSA) is 111 Å². The summed E-state index contributed by atoms with van der Waals surface area (Å²) in [7, 11) is -1.34. The third-order valence-corrected chi connectivity index (χ3v) is 3.49. The van der Waals surface area contributed by atoms with Crippen molar-refractivity contribution in [3.63, 3.8) is 0 Å². The quantitative estimate of drug-likeness (QED) is 0.523. The van der Waals surface area contributed by atoms with Gasteiger partial charge in [0.25, 0.3) is 10.0 Å². The lowest BCUT2D eigenvalue weighted by Crippen LogP contribution is -2.26. The number of methoxy groups -OCH3 is 2. The van der Waals surface area contributed by atoms with Crippen LogP contribution in [0.2, 0.25) is 0 Å². The number of hydrogen-bond donors (Lipinski definition) is 2. The molecule has 0 aliphatic carbocycles. The van der Waals surface area contributed by atoms with Crippen molar-refractivity contribution >= 4 is 16.0 Å². The van der Waals surface area contributed by atoms with Crippen molar-refractivity contribution in [2.45, 2.75) is 4.90 Å². The Bertz CT molecular complexity index is 570. The van der Waals surface area contributed by atoms with Crippen LogP contribution >= 0.6 is 0 Å². The van der Waals surface area contributed by atoms with Gasteiger partial charge in [-0.3, -0.25) is 4.84 Å². The highest BCUT2D eigenvalue weighted by atomic mass is 32.2. The Labute approximate surface area is 116 Å². The van der Waals surface area contributed by atoms with Crippen molar-refractivity contribution in [3.8, 4) is 5.75 Å². The van der Waals surface area contributed by atoms with Gasteiger partial charge in [-0.25, -0.2) is 13.2 Å². The molecule has 0 unspecified atom stereocenters. The highest BCUT2D eigenvalue weighted by Gasteiger charge is 2.21. The fourth-order valence-electron chi connectivity index (χ4n) is 1.31. The average Bonchev–Trinajstić information content (AvgIpc) is 2.42. The summed E-state index contributed by atoms with van der Waals surface area (Å²) in [4.78, 5) is 17.2. The third kappa shape index (κ3) is 4.17. The number of aromatic carboxylic acids is 1. The number of benzene rings is 1. The van der Waals surface area contributed by atoms with Crippen molar-refractivity contribution in [2.24, 2.45) is 0 Å². The van der Waals surface area contributed by atoms with E-state index in [2.05, 4.69) is 0 Å². The highest BCUT2D eigenvalue weighted by Crippen LogP contribution is 2.24. The Hall–Kier alpha value is -1.68. The van der Waals surface area contributed by atoms with Gasteiger partial charge in [-0.2, -0.15) is 0 Å². The molecule has 1 aromatic rings. The molecule has 0 atom stereocenters. The summed E-state index contributed by atoms with van der Waals surface area (Å²) >= 11 is 0. The fourth-order valence-corrected chi connectivity index (χ4v) is 2.34. The molecule has 0 aliphatic rings. The molecule has 8 nitrogen and oxygen atoms in total. The molecule has 0 amide bonds. The van der Waals surface area contributed by atoms with Crippen molar-refractivity contribution in [1.29, 1.82) is 0 Å². The number of hydrogen-bond acceptors (Lipinski definition) is 6. The number of carboxylic acid groups (broad SMARTS) is 1. The van der Waals surface area contributed by atoms with Gasteiger partial charge in [0.05, 0.1) is 25.9 Å². The second kappa shape index (κ2) is 7.20. The van der Waals surface area contributed by atoms with Crippen LogP contribution in [0.1, 0.15) is 10.4 Å². The molecule has 1 aromatic carbocycles. The first kappa shape index (κ1) is 16.4. The maximum Gasteiger partial charge on any atom is 0.335 e. The Balaban J connectivity index is 3.02. The van der Waals surface area contributed by atoms with Crippen LogP contribution < -0.4 is 9.62 Å². The molecule has 0 fully saturated rings. The van der Waals surface area contributed by atoms with Crippen LogP contribution in [-0.4, -0.2) is 46.9 Å². The van der Waals surface area contributed by atoms with Crippen LogP contribution in [0, 0.1) is 0 Å². The van der Waals surface area contributed by atoms with E-state index < -0.39 is 16.0 Å². The number of carbonyl (C=O) groups is 1. The van der Waals surface area contributed by atoms with Crippen molar-refractivity contribution in [3.05, 3.63) is 23.8 Å². The van der Waals surface area contributed by atoms with E-state index in [1.165, 1.54) is 26.4 Å². The van der Waals surface area contributed by atoms with Gasteiger partial charge in [-0.05, 0) is 18.2 Å². The minimum absolute atomic E-state index is 0.0106. The summed E-state index contributed by atoms with van der Waals surface area (Å²) in [6, 6.07) is 3.49. The van der Waals surface area contributed by atoms with Crippen LogP contribution in [0.25, 0.3) is 0 Å². The van der Waals surface area contributed by atoms with E-state index in [0.717, 1.165) is 6.07 Å². The predicted molar refractivity (Wildman–Crippen MR) is 68.1 cm³/mol. The zero-order valence-corrected chi connectivity index (χ0v) is 11.8. The van der Waals surface area contributed by atoms with Crippen molar-refractivity contribution in [1.82, 2.24) is 4.89 Å². The normalized spacial score (nSPS) is 11.3. The highest BCUT2D eigenvalue weighted by molar-refractivity contribution is 7.89. The maximum atomic E-state index is 12.0. The molecule has 9 heteroatoms. The lowest BCUT2D eigenvalue weighted by atomic mass is 10.2. The number of rotatable bonds is 8. The van der Waals surface area contributed by atoms with Gasteiger partial charge in [0.2, 0.25) is 0 Å². The van der Waals surface area contributed by atoms with Crippen molar-refractivity contribution in [2.75, 3.05) is 27.4 Å². The zero-order valence-electron chi connectivity index (χ0n) is 11.0. The molecule has 0 aliphatic heterocycles. The summed E-state index contributed by atoms with van der Waals surface area (Å²) in [6.07, 6.45) is 0. The first-order chi connectivity index (χ1) is 9.42. The van der Waals surface area contributed by atoms with Crippen LogP contribution in [0.5, 0.6) is 5.75 Å². The molecule has 0 aromatic heterocycles. The van der Waals surface area contributed by atoms with Gasteiger partial charge < -0.3 is 14.6 Å². The van der Waals surface area contributed by atoms with Gasteiger partial charge in [0.1, 0.15) is 10.6 Å². The second-order valence-corrected chi connectivity index (χ2v) is 5.21. The number of nitrogens with one attached hydrogen (secondary N) is 1. The van der Waals surface area contributed by atoms with Gasteiger partial charge >= 0.3 is 5.97 Å². The number of sulfonamides is 1. The molecule has 20 heavy (non-hydrogen) atoms. The first-order valence-corrected chi connectivity index (χ1v) is 6.94. The molecule has 112 valence electrons. The van der Waals surface area contributed by atoms with E-state index in [-0.39, 0.29) is 29.4 Å². The standard InChI is InChI=1S/C11H15NO7S/c1-17-5-6-19-12-20(15,16)10-7-8(11(13)14)3-4-9(10)18-2/h3-4,7,12H,5-6H2,1-2H3,(H,13,14). The van der Waals surface area contributed by atoms with Gasteiger partial charge in [-0.1, -0.05) is 4.89 Å². The summed E-state index contributed by atoms with van der Waals surface area (Å²) in [6.45, 7) is 0.214. The number of carboxylic acids is 1. The fraction of sp³-hybridized carbons (Fsp3) is 0.364. The molecule has 0 saturated carbocycles. The summed E-state index contributed by atoms with van der Waals surface area (Å²) < 4.78 is 33.6. The van der Waals surface area contributed by atoms with Crippen molar-refractivity contribution < 1.29 is 32.6 Å². The predicted octanol–water partition coefficient (Wildman–Crippen LogP) is 0.250. The van der Waals surface area contributed by atoms with E-state index >= 15 is 0 Å². The summed E-state index contributed by atoms with van der Waals surface area (Å²) in [5, 5.41) is 8.88. The van der Waals surface area contributed by atoms with Crippen LogP contribution in [0.3, 0.4) is 0 Å². The number of ether oxygens (including phenoxy) is 2. The Morgan fingerprint density at radius 3 is 2.55 bits per heavy atom. The largest absolute Gasteiger partial charge is 0.495 e. The molecule has 1 rings (SSSR count). The minimum atomic E-state index is -4.06. The Kier molecular flexibility index (Phi) is 5.89. The van der Waals surface area contributed by atoms with E-state index in [1.807, 2.05) is 4.89 Å². The zero-order chi connectivity index (χ0) is 15.2. The van der Waals surface area contributed by atoms with Gasteiger partial charge in [0.15, 0.2) is 0 Å². The SMILES string of the molecule is COCCONS(=O)(=O)c1cc(C(=O)O)ccc1OC. The van der Waals surface area contributed by atoms with E-state index in [0.29, 0.717) is 0 Å². The summed E-state index contributed by atoms with van der Waals surface area (Å²) in [5.41, 5.74) is -0.178. The van der Waals surface area contributed by atoms with Crippen LogP contribution in [-0.2, 0) is 19.6 Å². The molecule has 0 saturated heterocycles. The van der Waals surface area contributed by atoms with E-state index in [1.54, 1.807) is 0 Å². The molecule has 0 radical (unpaired) electrons. The second-order valence-electron chi connectivity index (χ2n) is 3.60. The molecular weight excluding hydrogens is 290 g/mol. The lowest BCUT2D eigenvalue weighted by molar-refractivity contribution is 0.0438.